The second kappa shape index (κ2) is 5.79. The predicted molar refractivity (Wildman–Crippen MR) is 80.8 cm³/mol. The number of furan rings is 1. The SMILES string of the molecule is CN(Cc1ccc(Br)o1)C(=O)c1cc(Br)ccc1N. The van der Waals surface area contributed by atoms with Gasteiger partial charge in [-0.3, -0.25) is 4.79 Å². The lowest BCUT2D eigenvalue weighted by molar-refractivity contribution is 0.0776. The van der Waals surface area contributed by atoms with Crippen LogP contribution < -0.4 is 5.73 Å². The number of amides is 1. The molecule has 1 amide bonds. The summed E-state index contributed by atoms with van der Waals surface area (Å²) in [6.45, 7) is 0.385. The van der Waals surface area contributed by atoms with E-state index in [1.807, 2.05) is 6.07 Å². The Morgan fingerprint density at radius 2 is 2.05 bits per heavy atom. The first-order valence-corrected chi connectivity index (χ1v) is 7.10. The lowest BCUT2D eigenvalue weighted by Crippen LogP contribution is -2.26. The van der Waals surface area contributed by atoms with Crippen molar-refractivity contribution in [1.82, 2.24) is 4.90 Å². The third-order valence-corrected chi connectivity index (χ3v) is 3.53. The molecule has 2 rings (SSSR count). The summed E-state index contributed by atoms with van der Waals surface area (Å²) in [6, 6.07) is 8.83. The third kappa shape index (κ3) is 3.39. The van der Waals surface area contributed by atoms with Crippen LogP contribution in [0.15, 0.2) is 43.9 Å². The summed E-state index contributed by atoms with van der Waals surface area (Å²) in [5.74, 6) is 0.558. The molecule has 2 N–H and O–H groups in total. The molecule has 4 nitrogen and oxygen atoms in total. The van der Waals surface area contributed by atoms with Crippen LogP contribution in [0, 0.1) is 0 Å². The van der Waals surface area contributed by atoms with Gasteiger partial charge in [0.2, 0.25) is 0 Å². The number of hydrogen-bond donors (Lipinski definition) is 1. The summed E-state index contributed by atoms with van der Waals surface area (Å²) in [5.41, 5.74) is 6.76. The van der Waals surface area contributed by atoms with Gasteiger partial charge in [-0.25, -0.2) is 0 Å². The Kier molecular flexibility index (Phi) is 4.31. The maximum Gasteiger partial charge on any atom is 0.256 e. The number of nitrogen functional groups attached to an aromatic ring is 1. The average Bonchev–Trinajstić information content (AvgIpc) is 2.77. The molecule has 100 valence electrons. The molecule has 0 unspecified atom stereocenters. The van der Waals surface area contributed by atoms with Crippen LogP contribution in [0.2, 0.25) is 0 Å². The summed E-state index contributed by atoms with van der Waals surface area (Å²) in [4.78, 5) is 13.9. The van der Waals surface area contributed by atoms with Gasteiger partial charge in [0.1, 0.15) is 5.76 Å². The highest BCUT2D eigenvalue weighted by molar-refractivity contribution is 9.10. The zero-order chi connectivity index (χ0) is 14.0. The van der Waals surface area contributed by atoms with E-state index in [0.29, 0.717) is 28.2 Å². The molecule has 0 saturated heterocycles. The van der Waals surface area contributed by atoms with Gasteiger partial charge in [-0.15, -0.1) is 0 Å². The topological polar surface area (TPSA) is 59.5 Å². The van der Waals surface area contributed by atoms with Crippen LogP contribution in [0.5, 0.6) is 0 Å². The molecular formula is C13H12Br2N2O2. The molecule has 0 radical (unpaired) electrons. The van der Waals surface area contributed by atoms with Crippen molar-refractivity contribution in [3.63, 3.8) is 0 Å². The minimum Gasteiger partial charge on any atom is -0.452 e. The number of nitrogens with zero attached hydrogens (tertiary/aromatic N) is 1. The highest BCUT2D eigenvalue weighted by Crippen LogP contribution is 2.21. The Bertz CT molecular complexity index is 610. The molecule has 0 aliphatic rings. The minimum atomic E-state index is -0.147. The van der Waals surface area contributed by atoms with Gasteiger partial charge >= 0.3 is 0 Å². The van der Waals surface area contributed by atoms with Crippen molar-refractivity contribution < 1.29 is 9.21 Å². The highest BCUT2D eigenvalue weighted by Gasteiger charge is 2.16. The molecule has 0 aliphatic carbocycles. The molecule has 0 bridgehead atoms. The van der Waals surface area contributed by atoms with Crippen LogP contribution in [-0.4, -0.2) is 17.9 Å². The van der Waals surface area contributed by atoms with Gasteiger partial charge in [0, 0.05) is 17.2 Å². The van der Waals surface area contributed by atoms with E-state index in [1.165, 1.54) is 0 Å². The Labute approximate surface area is 127 Å². The van der Waals surface area contributed by atoms with Crippen molar-refractivity contribution in [2.45, 2.75) is 6.54 Å². The molecule has 2 aromatic rings. The van der Waals surface area contributed by atoms with Gasteiger partial charge in [-0.1, -0.05) is 15.9 Å². The molecule has 0 fully saturated rings. The summed E-state index contributed by atoms with van der Waals surface area (Å²) >= 11 is 6.56. The fourth-order valence-corrected chi connectivity index (χ4v) is 2.36. The monoisotopic (exact) mass is 386 g/mol. The lowest BCUT2D eigenvalue weighted by Gasteiger charge is -2.17. The first kappa shape index (κ1) is 14.1. The first-order valence-electron chi connectivity index (χ1n) is 5.52. The second-order valence-electron chi connectivity index (χ2n) is 4.10. The fourth-order valence-electron chi connectivity index (χ4n) is 1.66. The quantitative estimate of drug-likeness (QED) is 0.817. The molecule has 0 aliphatic heterocycles. The summed E-state index contributed by atoms with van der Waals surface area (Å²) < 4.78 is 6.84. The Balaban J connectivity index is 2.16. The number of benzene rings is 1. The number of carbonyl (C=O) groups is 1. The maximum atomic E-state index is 12.3. The van der Waals surface area contributed by atoms with Crippen LogP contribution in [0.25, 0.3) is 0 Å². The molecule has 1 aromatic heterocycles. The molecule has 1 heterocycles. The number of nitrogens with two attached hydrogens (primary N) is 1. The van der Waals surface area contributed by atoms with Crippen molar-refractivity contribution in [2.75, 3.05) is 12.8 Å². The summed E-state index contributed by atoms with van der Waals surface area (Å²) in [6.07, 6.45) is 0. The molecule has 1 aromatic carbocycles. The van der Waals surface area contributed by atoms with Crippen LogP contribution in [0.4, 0.5) is 5.69 Å². The van der Waals surface area contributed by atoms with Crippen LogP contribution >= 0.6 is 31.9 Å². The van der Waals surface area contributed by atoms with Crippen molar-refractivity contribution in [1.29, 1.82) is 0 Å². The van der Waals surface area contributed by atoms with Gasteiger partial charge < -0.3 is 15.1 Å². The normalized spacial score (nSPS) is 10.5. The average molecular weight is 388 g/mol. The Morgan fingerprint density at radius 1 is 1.32 bits per heavy atom. The van der Waals surface area contributed by atoms with Gasteiger partial charge in [-0.2, -0.15) is 0 Å². The van der Waals surface area contributed by atoms with E-state index in [9.17, 15) is 4.79 Å². The number of carbonyl (C=O) groups excluding carboxylic acids is 1. The number of rotatable bonds is 3. The van der Waals surface area contributed by atoms with E-state index >= 15 is 0 Å². The number of halogens is 2. The van der Waals surface area contributed by atoms with Gasteiger partial charge in [0.25, 0.3) is 5.91 Å². The van der Waals surface area contributed by atoms with Crippen LogP contribution in [0.1, 0.15) is 16.1 Å². The van der Waals surface area contributed by atoms with Crippen molar-refractivity contribution in [3.05, 3.63) is 50.8 Å². The molecular weight excluding hydrogens is 376 g/mol. The first-order chi connectivity index (χ1) is 8.97. The number of hydrogen-bond acceptors (Lipinski definition) is 3. The van der Waals surface area contributed by atoms with Crippen molar-refractivity contribution in [2.24, 2.45) is 0 Å². The lowest BCUT2D eigenvalue weighted by atomic mass is 10.1. The predicted octanol–water partition coefficient (Wildman–Crippen LogP) is 3.66. The zero-order valence-corrected chi connectivity index (χ0v) is 13.4. The van der Waals surface area contributed by atoms with Crippen molar-refractivity contribution in [3.8, 4) is 0 Å². The number of anilines is 1. The Morgan fingerprint density at radius 3 is 2.68 bits per heavy atom. The van der Waals surface area contributed by atoms with E-state index in [2.05, 4.69) is 31.9 Å². The molecule has 19 heavy (non-hydrogen) atoms. The van der Waals surface area contributed by atoms with Crippen LogP contribution in [-0.2, 0) is 6.54 Å². The third-order valence-electron chi connectivity index (χ3n) is 2.61. The largest absolute Gasteiger partial charge is 0.452 e. The van der Waals surface area contributed by atoms with E-state index in [1.54, 1.807) is 36.2 Å². The molecule has 0 saturated carbocycles. The highest BCUT2D eigenvalue weighted by atomic mass is 79.9. The minimum absolute atomic E-state index is 0.147. The smallest absolute Gasteiger partial charge is 0.256 e. The molecule has 0 atom stereocenters. The summed E-state index contributed by atoms with van der Waals surface area (Å²) in [5, 5.41) is 0. The molecule has 0 spiro atoms. The summed E-state index contributed by atoms with van der Waals surface area (Å²) in [7, 11) is 1.71. The van der Waals surface area contributed by atoms with Crippen LogP contribution in [0.3, 0.4) is 0 Å². The van der Waals surface area contributed by atoms with E-state index < -0.39 is 0 Å². The fraction of sp³-hybridized carbons (Fsp3) is 0.154. The van der Waals surface area contributed by atoms with Gasteiger partial charge in [0.15, 0.2) is 4.67 Å². The van der Waals surface area contributed by atoms with E-state index in [0.717, 1.165) is 4.47 Å². The van der Waals surface area contributed by atoms with Gasteiger partial charge in [0.05, 0.1) is 12.1 Å². The van der Waals surface area contributed by atoms with Gasteiger partial charge in [-0.05, 0) is 46.3 Å². The maximum absolute atomic E-state index is 12.3. The van der Waals surface area contributed by atoms with E-state index in [4.69, 9.17) is 10.2 Å². The Hall–Kier alpha value is -1.27. The zero-order valence-electron chi connectivity index (χ0n) is 10.2. The molecule has 6 heteroatoms. The van der Waals surface area contributed by atoms with Crippen molar-refractivity contribution >= 4 is 43.5 Å². The second-order valence-corrected chi connectivity index (χ2v) is 5.80. The van der Waals surface area contributed by atoms with E-state index in [-0.39, 0.29) is 5.91 Å². The standard InChI is InChI=1S/C13H12Br2N2O2/c1-17(7-9-3-5-12(15)19-9)13(18)10-6-8(14)2-4-11(10)16/h2-6H,7,16H2,1H3.